The molecule has 1 N–H and O–H groups in total. The summed E-state index contributed by atoms with van der Waals surface area (Å²) in [6, 6.07) is 0.861. The summed E-state index contributed by atoms with van der Waals surface area (Å²) in [5.74, 6) is 0. The van der Waals surface area contributed by atoms with E-state index in [0.717, 1.165) is 10.6 Å². The Balaban J connectivity index is 2.19. The van der Waals surface area contributed by atoms with Crippen LogP contribution in [-0.2, 0) is 0 Å². The molecule has 2 aliphatic heterocycles. The summed E-state index contributed by atoms with van der Waals surface area (Å²) in [5, 5.41) is 0. The monoisotopic (exact) mass is 113 g/mol. The van der Waals surface area contributed by atoms with Gasteiger partial charge in [-0.25, -0.2) is 4.59 Å². The first-order valence-electron chi connectivity index (χ1n) is 3.41. The van der Waals surface area contributed by atoms with Crippen molar-refractivity contribution in [3.05, 3.63) is 0 Å². The first kappa shape index (κ1) is 4.77. The van der Waals surface area contributed by atoms with Crippen molar-refractivity contribution >= 4 is 0 Å². The molecule has 0 spiro atoms. The average Bonchev–Trinajstić information content (AvgIpc) is 2.21. The Morgan fingerprint density at radius 1 is 1.38 bits per heavy atom. The topological polar surface area (TPSA) is 12.0 Å². The molecule has 2 aliphatic rings. The highest BCUT2D eigenvalue weighted by atomic mass is 15.7. The van der Waals surface area contributed by atoms with Gasteiger partial charge in [0.25, 0.3) is 0 Å². The summed E-state index contributed by atoms with van der Waals surface area (Å²) in [5.41, 5.74) is 3.54. The minimum atomic E-state index is 0.861. The van der Waals surface area contributed by atoms with Crippen molar-refractivity contribution in [1.82, 2.24) is 5.43 Å². The Labute approximate surface area is 50.0 Å². The fourth-order valence-corrected chi connectivity index (χ4v) is 1.84. The number of nitrogens with one attached hydrogen (secondary N) is 1. The number of piperidine rings is 1. The molecule has 46 valence electrons. The summed E-state index contributed by atoms with van der Waals surface area (Å²) in [6.45, 7) is 2.70. The van der Waals surface area contributed by atoms with Gasteiger partial charge in [-0.2, -0.15) is 5.43 Å². The average molecular weight is 113 g/mol. The van der Waals surface area contributed by atoms with Crippen molar-refractivity contribution in [1.29, 1.82) is 0 Å². The summed E-state index contributed by atoms with van der Waals surface area (Å²) in [6.07, 6.45) is 2.80. The molecule has 2 nitrogen and oxygen atoms in total. The van der Waals surface area contributed by atoms with Gasteiger partial charge in [-0.05, 0) is 0 Å². The van der Waals surface area contributed by atoms with Crippen molar-refractivity contribution in [2.45, 2.75) is 18.9 Å². The van der Waals surface area contributed by atoms with Gasteiger partial charge in [-0.1, -0.05) is 0 Å². The zero-order valence-corrected chi connectivity index (χ0v) is 5.35. The minimum Gasteiger partial charge on any atom is -0.248 e. The van der Waals surface area contributed by atoms with Crippen LogP contribution in [0.25, 0.3) is 0 Å². The molecule has 0 aromatic carbocycles. The van der Waals surface area contributed by atoms with Gasteiger partial charge >= 0.3 is 0 Å². The normalized spacial score (nSPS) is 52.9. The molecule has 2 rings (SSSR count). The maximum absolute atomic E-state index is 3.54. The van der Waals surface area contributed by atoms with Gasteiger partial charge in [0, 0.05) is 12.8 Å². The number of hydrogen-bond donors (Lipinski definition) is 1. The highest BCUT2D eigenvalue weighted by Crippen LogP contribution is 2.23. The summed E-state index contributed by atoms with van der Waals surface area (Å²) in [7, 11) is 2.28. The molecule has 0 aromatic rings. The van der Waals surface area contributed by atoms with Crippen LogP contribution in [0.5, 0.6) is 0 Å². The molecule has 2 heteroatoms. The van der Waals surface area contributed by atoms with Crippen LogP contribution in [0.15, 0.2) is 0 Å². The van der Waals surface area contributed by atoms with Crippen LogP contribution in [0.1, 0.15) is 12.8 Å². The van der Waals surface area contributed by atoms with E-state index in [-0.39, 0.29) is 0 Å². The molecule has 0 saturated carbocycles. The summed E-state index contributed by atoms with van der Waals surface area (Å²) in [4.78, 5) is 0. The van der Waals surface area contributed by atoms with E-state index in [2.05, 4.69) is 12.5 Å². The van der Waals surface area contributed by atoms with Crippen LogP contribution in [-0.4, -0.2) is 30.8 Å². The molecule has 0 unspecified atom stereocenters. The van der Waals surface area contributed by atoms with Crippen molar-refractivity contribution in [3.63, 3.8) is 0 Å². The van der Waals surface area contributed by atoms with Gasteiger partial charge < -0.3 is 0 Å². The Kier molecular flexibility index (Phi) is 0.746. The number of fused-ring (bicyclic) bond motifs is 2. The Morgan fingerprint density at radius 3 is 2.12 bits per heavy atom. The first-order chi connectivity index (χ1) is 3.79. The van der Waals surface area contributed by atoms with E-state index in [1.54, 1.807) is 0 Å². The summed E-state index contributed by atoms with van der Waals surface area (Å²) >= 11 is 0. The lowest BCUT2D eigenvalue weighted by Crippen LogP contribution is -2.46. The Morgan fingerprint density at radius 2 is 2.00 bits per heavy atom. The van der Waals surface area contributed by atoms with Crippen LogP contribution in [0.4, 0.5) is 0 Å². The molecule has 0 aliphatic carbocycles. The summed E-state index contributed by atoms with van der Waals surface area (Å²) < 4.78 is 1.14. The van der Waals surface area contributed by atoms with Crippen LogP contribution < -0.4 is 5.43 Å². The number of quaternary nitrogens is 1. The standard InChI is InChI=1S/C6H13N2/c1-8-4-2-6(7-8)3-5-8/h6-7H,2-5H2,1H3/q+1. The molecule has 0 radical (unpaired) electrons. The molecule has 0 amide bonds. The van der Waals surface area contributed by atoms with E-state index in [9.17, 15) is 0 Å². The predicted molar refractivity (Wildman–Crippen MR) is 32.1 cm³/mol. The number of rotatable bonds is 0. The van der Waals surface area contributed by atoms with E-state index in [4.69, 9.17) is 0 Å². The molecule has 0 atom stereocenters. The van der Waals surface area contributed by atoms with Gasteiger partial charge in [0.1, 0.15) is 0 Å². The fourth-order valence-electron chi connectivity index (χ4n) is 1.84. The third-order valence-electron chi connectivity index (χ3n) is 2.44. The first-order valence-corrected chi connectivity index (χ1v) is 3.41. The van der Waals surface area contributed by atoms with Gasteiger partial charge in [0.15, 0.2) is 0 Å². The molecular weight excluding hydrogens is 100 g/mol. The van der Waals surface area contributed by atoms with Crippen LogP contribution in [0.2, 0.25) is 0 Å². The molecule has 2 saturated heterocycles. The third kappa shape index (κ3) is 0.501. The van der Waals surface area contributed by atoms with Gasteiger partial charge in [-0.3, -0.25) is 0 Å². The van der Waals surface area contributed by atoms with Crippen LogP contribution >= 0.6 is 0 Å². The van der Waals surface area contributed by atoms with Gasteiger partial charge in [-0.15, -0.1) is 0 Å². The highest BCUT2D eigenvalue weighted by Gasteiger charge is 2.40. The van der Waals surface area contributed by atoms with E-state index < -0.39 is 0 Å². The lowest BCUT2D eigenvalue weighted by molar-refractivity contribution is -0.930. The molecule has 0 aromatic heterocycles. The lowest BCUT2D eigenvalue weighted by atomic mass is 10.1. The number of hydrogen-bond acceptors (Lipinski definition) is 1. The highest BCUT2D eigenvalue weighted by molar-refractivity contribution is 4.73. The Hall–Kier alpha value is -0.0800. The smallest absolute Gasteiger partial charge is 0.0977 e. The number of nitrogens with zero attached hydrogens (tertiary/aromatic N) is 1. The van der Waals surface area contributed by atoms with Crippen molar-refractivity contribution < 1.29 is 4.59 Å². The molecule has 2 heterocycles. The largest absolute Gasteiger partial charge is 0.248 e. The fraction of sp³-hybridized carbons (Fsp3) is 1.00. The zero-order valence-electron chi connectivity index (χ0n) is 5.35. The minimum absolute atomic E-state index is 0.861. The van der Waals surface area contributed by atoms with E-state index in [1.807, 2.05) is 0 Å². The molecule has 2 bridgehead atoms. The van der Waals surface area contributed by atoms with E-state index in [1.165, 1.54) is 25.9 Å². The third-order valence-corrected chi connectivity index (χ3v) is 2.44. The lowest BCUT2D eigenvalue weighted by Gasteiger charge is -2.23. The van der Waals surface area contributed by atoms with Gasteiger partial charge in [0.2, 0.25) is 0 Å². The second kappa shape index (κ2) is 1.25. The van der Waals surface area contributed by atoms with Crippen molar-refractivity contribution in [3.8, 4) is 0 Å². The maximum atomic E-state index is 3.54. The van der Waals surface area contributed by atoms with Crippen molar-refractivity contribution in [2.75, 3.05) is 20.1 Å². The zero-order chi connectivity index (χ0) is 5.61. The van der Waals surface area contributed by atoms with E-state index >= 15 is 0 Å². The SMILES string of the molecule is C[N+]12CCC(CC1)N2. The van der Waals surface area contributed by atoms with E-state index in [0.29, 0.717) is 0 Å². The van der Waals surface area contributed by atoms with Gasteiger partial charge in [0.05, 0.1) is 26.2 Å². The second-order valence-corrected chi connectivity index (χ2v) is 3.25. The van der Waals surface area contributed by atoms with Crippen LogP contribution in [0, 0.1) is 0 Å². The molecule has 8 heavy (non-hydrogen) atoms. The predicted octanol–water partition coefficient (Wildman–Crippen LogP) is 0.114. The van der Waals surface area contributed by atoms with Crippen molar-refractivity contribution in [2.24, 2.45) is 0 Å². The molecule has 2 fully saturated rings. The molecular formula is C6H13N2+. The quantitative estimate of drug-likeness (QED) is 0.440. The van der Waals surface area contributed by atoms with Crippen LogP contribution in [0.3, 0.4) is 0 Å². The maximum Gasteiger partial charge on any atom is 0.0977 e. The second-order valence-electron chi connectivity index (χ2n) is 3.25. The Bertz CT molecular complexity index is 103.